The van der Waals surface area contributed by atoms with E-state index in [2.05, 4.69) is 25.9 Å². The lowest BCUT2D eigenvalue weighted by Crippen LogP contribution is -2.24. The van der Waals surface area contributed by atoms with Crippen LogP contribution in [0, 0.1) is 6.92 Å². The van der Waals surface area contributed by atoms with Crippen LogP contribution in [0.15, 0.2) is 48.5 Å². The van der Waals surface area contributed by atoms with Crippen molar-refractivity contribution in [2.45, 2.75) is 19.3 Å². The van der Waals surface area contributed by atoms with Gasteiger partial charge >= 0.3 is 0 Å². The van der Waals surface area contributed by atoms with Crippen LogP contribution in [-0.4, -0.2) is 33.6 Å². The molecule has 0 aliphatic rings. The number of benzene rings is 2. The zero-order valence-corrected chi connectivity index (χ0v) is 14.1. The largest absolute Gasteiger partial charge is 0.497 e. The summed E-state index contributed by atoms with van der Waals surface area (Å²) in [5, 5.41) is 16.9. The smallest absolute Gasteiger partial charge is 0.235 e. The second-order valence-electron chi connectivity index (χ2n) is 5.73. The number of hydrogen-bond acceptors (Lipinski definition) is 5. The average molecular weight is 337 g/mol. The van der Waals surface area contributed by atoms with Gasteiger partial charge in [0.05, 0.1) is 7.11 Å². The number of H-pyrrole nitrogens is 1. The molecule has 2 N–H and O–H groups in total. The number of ether oxygens (including phenoxy) is 1. The van der Waals surface area contributed by atoms with Crippen molar-refractivity contribution in [3.63, 3.8) is 0 Å². The number of carbonyl (C=O) groups excluding carboxylic acids is 1. The third-order valence-corrected chi connectivity index (χ3v) is 3.91. The van der Waals surface area contributed by atoms with Crippen LogP contribution in [0.3, 0.4) is 0 Å². The summed E-state index contributed by atoms with van der Waals surface area (Å²) in [4.78, 5) is 12.8. The summed E-state index contributed by atoms with van der Waals surface area (Å²) in [6.45, 7) is 2.00. The zero-order valence-electron chi connectivity index (χ0n) is 14.1. The number of rotatable bonds is 6. The SMILES string of the molecule is COc1ccc(CC(C(=O)Nc2ccc(C)cc2)c2nn[nH]n2)cc1. The van der Waals surface area contributed by atoms with E-state index in [1.54, 1.807) is 7.11 Å². The standard InChI is InChI=1S/C18H19N5O2/c1-12-3-7-14(8-4-12)19-18(24)16(17-20-22-23-21-17)11-13-5-9-15(25-2)10-6-13/h3-10,16H,11H2,1-2H3,(H,19,24)(H,20,21,22,23). The quantitative estimate of drug-likeness (QED) is 0.721. The van der Waals surface area contributed by atoms with E-state index in [1.807, 2.05) is 55.5 Å². The van der Waals surface area contributed by atoms with Crippen molar-refractivity contribution >= 4 is 11.6 Å². The van der Waals surface area contributed by atoms with Crippen molar-refractivity contribution < 1.29 is 9.53 Å². The molecular formula is C18H19N5O2. The molecule has 0 aliphatic carbocycles. The van der Waals surface area contributed by atoms with Crippen molar-refractivity contribution in [1.29, 1.82) is 0 Å². The molecule has 0 fully saturated rings. The maximum Gasteiger partial charge on any atom is 0.235 e. The summed E-state index contributed by atoms with van der Waals surface area (Å²) in [6, 6.07) is 15.2. The van der Waals surface area contributed by atoms with Crippen molar-refractivity contribution in [3.8, 4) is 5.75 Å². The van der Waals surface area contributed by atoms with Gasteiger partial charge in [-0.2, -0.15) is 5.21 Å². The Morgan fingerprint density at radius 3 is 2.48 bits per heavy atom. The van der Waals surface area contributed by atoms with Gasteiger partial charge in [0.1, 0.15) is 11.7 Å². The Morgan fingerprint density at radius 2 is 1.88 bits per heavy atom. The molecule has 7 heteroatoms. The third kappa shape index (κ3) is 4.20. The summed E-state index contributed by atoms with van der Waals surface area (Å²) in [7, 11) is 1.62. The van der Waals surface area contributed by atoms with Crippen LogP contribution in [0.4, 0.5) is 5.69 Å². The minimum Gasteiger partial charge on any atom is -0.497 e. The Morgan fingerprint density at radius 1 is 1.16 bits per heavy atom. The minimum absolute atomic E-state index is 0.180. The minimum atomic E-state index is -0.548. The van der Waals surface area contributed by atoms with E-state index >= 15 is 0 Å². The van der Waals surface area contributed by atoms with E-state index in [0.717, 1.165) is 22.6 Å². The van der Waals surface area contributed by atoms with E-state index < -0.39 is 5.92 Å². The summed E-state index contributed by atoms with van der Waals surface area (Å²) in [6.07, 6.45) is 0.460. The molecule has 1 amide bonds. The lowest BCUT2D eigenvalue weighted by atomic mass is 9.97. The van der Waals surface area contributed by atoms with Crippen molar-refractivity contribution in [2.24, 2.45) is 0 Å². The highest BCUT2D eigenvalue weighted by molar-refractivity contribution is 5.95. The van der Waals surface area contributed by atoms with Crippen LogP contribution in [0.1, 0.15) is 22.9 Å². The topological polar surface area (TPSA) is 92.8 Å². The fourth-order valence-corrected chi connectivity index (χ4v) is 2.48. The molecule has 1 unspecified atom stereocenters. The highest BCUT2D eigenvalue weighted by Crippen LogP contribution is 2.21. The van der Waals surface area contributed by atoms with Gasteiger partial charge < -0.3 is 10.1 Å². The molecule has 2 aromatic carbocycles. The maximum absolute atomic E-state index is 12.8. The molecule has 7 nitrogen and oxygen atoms in total. The van der Waals surface area contributed by atoms with Gasteiger partial charge in [-0.05, 0) is 43.2 Å². The van der Waals surface area contributed by atoms with Crippen LogP contribution in [0.25, 0.3) is 0 Å². The molecule has 1 atom stereocenters. The molecular weight excluding hydrogens is 318 g/mol. The van der Waals surface area contributed by atoms with Crippen molar-refractivity contribution in [2.75, 3.05) is 12.4 Å². The van der Waals surface area contributed by atoms with Crippen molar-refractivity contribution in [1.82, 2.24) is 20.6 Å². The second kappa shape index (κ2) is 7.57. The first-order valence-corrected chi connectivity index (χ1v) is 7.89. The Balaban J connectivity index is 1.79. The molecule has 128 valence electrons. The number of aryl methyl sites for hydroxylation is 1. The van der Waals surface area contributed by atoms with E-state index in [-0.39, 0.29) is 5.91 Å². The van der Waals surface area contributed by atoms with Crippen LogP contribution >= 0.6 is 0 Å². The number of aromatic nitrogens is 4. The first-order valence-electron chi connectivity index (χ1n) is 7.89. The lowest BCUT2D eigenvalue weighted by molar-refractivity contribution is -0.117. The maximum atomic E-state index is 12.8. The first-order chi connectivity index (χ1) is 12.2. The van der Waals surface area contributed by atoms with E-state index in [1.165, 1.54) is 0 Å². The Kier molecular flexibility index (Phi) is 5.03. The number of tetrazole rings is 1. The van der Waals surface area contributed by atoms with Crippen LogP contribution < -0.4 is 10.1 Å². The third-order valence-electron chi connectivity index (χ3n) is 3.91. The zero-order chi connectivity index (χ0) is 17.6. The van der Waals surface area contributed by atoms with Gasteiger partial charge in [0.2, 0.25) is 5.91 Å². The molecule has 0 spiro atoms. The van der Waals surface area contributed by atoms with Gasteiger partial charge in [-0.3, -0.25) is 4.79 Å². The normalized spacial score (nSPS) is 11.8. The molecule has 25 heavy (non-hydrogen) atoms. The van der Waals surface area contributed by atoms with E-state index in [0.29, 0.717) is 12.2 Å². The molecule has 0 bridgehead atoms. The number of carbonyl (C=O) groups is 1. The number of hydrogen-bond donors (Lipinski definition) is 2. The van der Waals surface area contributed by atoms with Gasteiger partial charge in [-0.15, -0.1) is 10.2 Å². The number of aromatic amines is 1. The molecule has 1 aromatic heterocycles. The summed E-state index contributed by atoms with van der Waals surface area (Å²) in [5.74, 6) is 0.402. The highest BCUT2D eigenvalue weighted by atomic mass is 16.5. The van der Waals surface area contributed by atoms with E-state index in [9.17, 15) is 4.79 Å². The van der Waals surface area contributed by atoms with Gasteiger partial charge in [-0.1, -0.05) is 35.0 Å². The van der Waals surface area contributed by atoms with Gasteiger partial charge in [-0.25, -0.2) is 0 Å². The highest BCUT2D eigenvalue weighted by Gasteiger charge is 2.25. The van der Waals surface area contributed by atoms with Crippen LogP contribution in [0.5, 0.6) is 5.75 Å². The summed E-state index contributed by atoms with van der Waals surface area (Å²) >= 11 is 0. The van der Waals surface area contributed by atoms with Gasteiger partial charge in [0, 0.05) is 5.69 Å². The molecule has 1 heterocycles. The van der Waals surface area contributed by atoms with Gasteiger partial charge in [0.25, 0.3) is 0 Å². The number of nitrogens with one attached hydrogen (secondary N) is 2. The second-order valence-corrected chi connectivity index (χ2v) is 5.73. The predicted octanol–water partition coefficient (Wildman–Crippen LogP) is 2.48. The summed E-state index contributed by atoms with van der Waals surface area (Å²) in [5.41, 5.74) is 2.85. The van der Waals surface area contributed by atoms with Crippen LogP contribution in [0.2, 0.25) is 0 Å². The van der Waals surface area contributed by atoms with Crippen molar-refractivity contribution in [3.05, 3.63) is 65.5 Å². The van der Waals surface area contributed by atoms with E-state index in [4.69, 9.17) is 4.74 Å². The number of methoxy groups -OCH3 is 1. The van der Waals surface area contributed by atoms with Gasteiger partial charge in [0.15, 0.2) is 5.82 Å². The first kappa shape index (κ1) is 16.6. The lowest BCUT2D eigenvalue weighted by Gasteiger charge is -2.14. The Bertz CT molecular complexity index is 814. The fraction of sp³-hybridized carbons (Fsp3) is 0.222. The molecule has 0 saturated carbocycles. The monoisotopic (exact) mass is 337 g/mol. The predicted molar refractivity (Wildman–Crippen MR) is 93.4 cm³/mol. The molecule has 3 rings (SSSR count). The summed E-state index contributed by atoms with van der Waals surface area (Å²) < 4.78 is 5.16. The Hall–Kier alpha value is -3.22. The average Bonchev–Trinajstić information content (AvgIpc) is 3.16. The number of anilines is 1. The number of nitrogens with zero attached hydrogens (tertiary/aromatic N) is 3. The Labute approximate surface area is 145 Å². The molecule has 0 radical (unpaired) electrons. The number of amides is 1. The molecule has 0 saturated heterocycles. The fourth-order valence-electron chi connectivity index (χ4n) is 2.48. The molecule has 3 aromatic rings. The molecule has 0 aliphatic heterocycles. The van der Waals surface area contributed by atoms with Crippen LogP contribution in [-0.2, 0) is 11.2 Å².